The van der Waals surface area contributed by atoms with E-state index in [-0.39, 0.29) is 0 Å². The smallest absolute Gasteiger partial charge is 0.133 e. The summed E-state index contributed by atoms with van der Waals surface area (Å²) in [5.74, 6) is 1.68. The molecule has 1 aliphatic carbocycles. The molecule has 110 valence electrons. The highest BCUT2D eigenvalue weighted by atomic mass is 79.9. The van der Waals surface area contributed by atoms with E-state index in [2.05, 4.69) is 21.2 Å². The lowest BCUT2D eigenvalue weighted by atomic mass is 10.2. The van der Waals surface area contributed by atoms with Crippen molar-refractivity contribution >= 4 is 27.5 Å². The van der Waals surface area contributed by atoms with E-state index in [4.69, 9.17) is 16.3 Å². The van der Waals surface area contributed by atoms with Gasteiger partial charge in [0.05, 0.1) is 0 Å². The topological polar surface area (TPSA) is 21.3 Å². The number of aryl methyl sites for hydroxylation is 1. The van der Waals surface area contributed by atoms with Crippen LogP contribution in [0.1, 0.15) is 24.0 Å². The number of nitrogens with one attached hydrogen (secondary N) is 1. The molecule has 0 aliphatic heterocycles. The molecule has 0 aromatic heterocycles. The number of halogens is 2. The Kier molecular flexibility index (Phi) is 4.53. The molecule has 0 atom stereocenters. The minimum absolute atomic E-state index is 0.669. The Bertz CT molecular complexity index is 655. The molecule has 2 aromatic rings. The van der Waals surface area contributed by atoms with Crippen molar-refractivity contribution < 1.29 is 4.74 Å². The average molecular weight is 367 g/mol. The van der Waals surface area contributed by atoms with E-state index in [1.54, 1.807) is 0 Å². The van der Waals surface area contributed by atoms with Crippen LogP contribution in [0.15, 0.2) is 40.9 Å². The first-order valence-corrected chi connectivity index (χ1v) is 8.25. The van der Waals surface area contributed by atoms with Crippen molar-refractivity contribution in [2.24, 2.45) is 0 Å². The maximum Gasteiger partial charge on any atom is 0.133 e. The van der Waals surface area contributed by atoms with E-state index in [0.29, 0.717) is 11.1 Å². The summed E-state index contributed by atoms with van der Waals surface area (Å²) in [5, 5.41) is 4.20. The molecule has 1 fully saturated rings. The largest absolute Gasteiger partial charge is 0.457 e. The predicted molar refractivity (Wildman–Crippen MR) is 90.3 cm³/mol. The first kappa shape index (κ1) is 14.9. The maximum absolute atomic E-state index is 6.12. The standard InChI is InChI=1S/C17H17BrClNO/c1-11-8-13(18)3-7-16(11)21-17-9-14(19)4-2-12(17)10-20-15-5-6-15/h2-4,7-9,15,20H,5-6,10H2,1H3. The molecule has 0 amide bonds. The fourth-order valence-electron chi connectivity index (χ4n) is 2.16. The van der Waals surface area contributed by atoms with Crippen molar-refractivity contribution in [3.63, 3.8) is 0 Å². The van der Waals surface area contributed by atoms with Crippen LogP contribution in [-0.4, -0.2) is 6.04 Å². The van der Waals surface area contributed by atoms with E-state index in [0.717, 1.165) is 33.6 Å². The molecule has 1 saturated carbocycles. The van der Waals surface area contributed by atoms with Gasteiger partial charge in [0, 0.05) is 27.6 Å². The molecule has 3 rings (SSSR count). The van der Waals surface area contributed by atoms with Gasteiger partial charge in [-0.15, -0.1) is 0 Å². The molecule has 1 N–H and O–H groups in total. The molecule has 4 heteroatoms. The molecule has 0 unspecified atom stereocenters. The van der Waals surface area contributed by atoms with Crippen LogP contribution >= 0.6 is 27.5 Å². The Morgan fingerprint density at radius 3 is 2.71 bits per heavy atom. The van der Waals surface area contributed by atoms with Gasteiger partial charge in [-0.1, -0.05) is 33.6 Å². The van der Waals surface area contributed by atoms with Crippen molar-refractivity contribution in [2.75, 3.05) is 0 Å². The minimum Gasteiger partial charge on any atom is -0.457 e. The normalized spacial score (nSPS) is 14.2. The number of hydrogen-bond donors (Lipinski definition) is 1. The van der Waals surface area contributed by atoms with E-state index >= 15 is 0 Å². The van der Waals surface area contributed by atoms with Crippen molar-refractivity contribution in [3.05, 3.63) is 57.0 Å². The third-order valence-corrected chi connectivity index (χ3v) is 4.27. The summed E-state index contributed by atoms with van der Waals surface area (Å²) in [6.07, 6.45) is 2.55. The van der Waals surface area contributed by atoms with Gasteiger partial charge >= 0.3 is 0 Å². The summed E-state index contributed by atoms with van der Waals surface area (Å²) < 4.78 is 7.13. The van der Waals surface area contributed by atoms with Crippen LogP contribution < -0.4 is 10.1 Å². The van der Waals surface area contributed by atoms with E-state index in [1.165, 1.54) is 12.8 Å². The lowest BCUT2D eigenvalue weighted by molar-refractivity contribution is 0.469. The quantitative estimate of drug-likeness (QED) is 0.759. The molecule has 0 spiro atoms. The number of benzene rings is 2. The number of ether oxygens (including phenoxy) is 1. The highest BCUT2D eigenvalue weighted by Gasteiger charge is 2.20. The zero-order valence-corrected chi connectivity index (χ0v) is 14.2. The average Bonchev–Trinajstić information content (AvgIpc) is 3.25. The van der Waals surface area contributed by atoms with Crippen LogP contribution in [0, 0.1) is 6.92 Å². The van der Waals surface area contributed by atoms with Crippen LogP contribution in [0.5, 0.6) is 11.5 Å². The molecule has 21 heavy (non-hydrogen) atoms. The van der Waals surface area contributed by atoms with Crippen LogP contribution in [0.2, 0.25) is 5.02 Å². The summed E-state index contributed by atoms with van der Waals surface area (Å²) in [6.45, 7) is 2.85. The molecular formula is C17H17BrClNO. The van der Waals surface area contributed by atoms with E-state index < -0.39 is 0 Å². The molecule has 0 bridgehead atoms. The Morgan fingerprint density at radius 1 is 1.19 bits per heavy atom. The fourth-order valence-corrected chi connectivity index (χ4v) is 2.79. The first-order chi connectivity index (χ1) is 10.1. The SMILES string of the molecule is Cc1cc(Br)ccc1Oc1cc(Cl)ccc1CNC1CC1. The van der Waals surface area contributed by atoms with Gasteiger partial charge in [-0.25, -0.2) is 0 Å². The van der Waals surface area contributed by atoms with Gasteiger partial charge in [0.1, 0.15) is 11.5 Å². The summed E-state index contributed by atoms with van der Waals surface area (Å²) in [5.41, 5.74) is 2.22. The second kappa shape index (κ2) is 6.39. The maximum atomic E-state index is 6.12. The predicted octanol–water partition coefficient (Wildman–Crippen LogP) is 5.46. The number of hydrogen-bond acceptors (Lipinski definition) is 2. The van der Waals surface area contributed by atoms with Crippen molar-refractivity contribution in [2.45, 2.75) is 32.4 Å². The molecule has 2 aromatic carbocycles. The third kappa shape index (κ3) is 4.00. The molecule has 2 nitrogen and oxygen atoms in total. The molecule has 1 aliphatic rings. The van der Waals surface area contributed by atoms with Crippen molar-refractivity contribution in [3.8, 4) is 11.5 Å². The minimum atomic E-state index is 0.669. The summed E-state index contributed by atoms with van der Waals surface area (Å²) in [6, 6.07) is 12.5. The van der Waals surface area contributed by atoms with Gasteiger partial charge < -0.3 is 10.1 Å². The van der Waals surface area contributed by atoms with Gasteiger partial charge in [0.2, 0.25) is 0 Å². The van der Waals surface area contributed by atoms with Gasteiger partial charge in [-0.3, -0.25) is 0 Å². The third-order valence-electron chi connectivity index (χ3n) is 3.54. The molecule has 0 saturated heterocycles. The highest BCUT2D eigenvalue weighted by Crippen LogP contribution is 2.32. The molecular weight excluding hydrogens is 350 g/mol. The lowest BCUT2D eigenvalue weighted by Crippen LogP contribution is -2.15. The zero-order valence-electron chi connectivity index (χ0n) is 11.8. The Hall–Kier alpha value is -1.03. The van der Waals surface area contributed by atoms with Gasteiger partial charge in [-0.05, 0) is 55.7 Å². The van der Waals surface area contributed by atoms with Crippen LogP contribution in [0.25, 0.3) is 0 Å². The van der Waals surface area contributed by atoms with Crippen molar-refractivity contribution in [1.29, 1.82) is 0 Å². The second-order valence-corrected chi connectivity index (χ2v) is 6.77. The van der Waals surface area contributed by atoms with Crippen LogP contribution in [0.3, 0.4) is 0 Å². The molecule has 0 heterocycles. The summed E-state index contributed by atoms with van der Waals surface area (Å²) in [7, 11) is 0. The highest BCUT2D eigenvalue weighted by molar-refractivity contribution is 9.10. The Balaban J connectivity index is 1.83. The number of rotatable bonds is 5. The van der Waals surface area contributed by atoms with Crippen LogP contribution in [0.4, 0.5) is 0 Å². The van der Waals surface area contributed by atoms with E-state index in [9.17, 15) is 0 Å². The van der Waals surface area contributed by atoms with Crippen molar-refractivity contribution in [1.82, 2.24) is 5.32 Å². The van der Waals surface area contributed by atoms with Gasteiger partial charge in [-0.2, -0.15) is 0 Å². The van der Waals surface area contributed by atoms with Crippen LogP contribution in [-0.2, 0) is 6.54 Å². The molecule has 0 radical (unpaired) electrons. The monoisotopic (exact) mass is 365 g/mol. The lowest BCUT2D eigenvalue weighted by Gasteiger charge is -2.14. The van der Waals surface area contributed by atoms with E-state index in [1.807, 2.05) is 43.3 Å². The second-order valence-electron chi connectivity index (χ2n) is 5.42. The Morgan fingerprint density at radius 2 is 2.00 bits per heavy atom. The fraction of sp³-hybridized carbons (Fsp3) is 0.294. The summed E-state index contributed by atoms with van der Waals surface area (Å²) >= 11 is 9.58. The first-order valence-electron chi connectivity index (χ1n) is 7.07. The van der Waals surface area contributed by atoms with Gasteiger partial charge in [0.15, 0.2) is 0 Å². The summed E-state index contributed by atoms with van der Waals surface area (Å²) in [4.78, 5) is 0. The van der Waals surface area contributed by atoms with Gasteiger partial charge in [0.25, 0.3) is 0 Å². The zero-order chi connectivity index (χ0) is 14.8. The Labute approximate surface area is 138 Å².